The molecule has 82 valence electrons. The standard InChI is InChI=1S/C12H12N2S2/c15-12-13-10-6-7-14(8-11(10)16-12)9-4-2-1-3-5-9/h1-5H,6-8H2,(H,13,15). The lowest BCUT2D eigenvalue weighted by atomic mass is 10.1. The van der Waals surface area contributed by atoms with Gasteiger partial charge in [-0.1, -0.05) is 18.2 Å². The first-order valence-corrected chi connectivity index (χ1v) is 6.56. The Kier molecular flexibility index (Phi) is 2.53. The van der Waals surface area contributed by atoms with Crippen molar-refractivity contribution in [3.8, 4) is 0 Å². The van der Waals surface area contributed by atoms with Crippen LogP contribution in [0.5, 0.6) is 0 Å². The van der Waals surface area contributed by atoms with Gasteiger partial charge in [-0.25, -0.2) is 0 Å². The van der Waals surface area contributed by atoms with E-state index in [1.54, 1.807) is 11.3 Å². The van der Waals surface area contributed by atoms with Crippen molar-refractivity contribution in [3.63, 3.8) is 0 Å². The molecule has 1 N–H and O–H groups in total. The molecule has 0 amide bonds. The molecule has 1 aliphatic rings. The first-order valence-electron chi connectivity index (χ1n) is 5.34. The van der Waals surface area contributed by atoms with Crippen LogP contribution < -0.4 is 4.90 Å². The molecule has 0 saturated carbocycles. The van der Waals surface area contributed by atoms with Crippen LogP contribution in [0.15, 0.2) is 30.3 Å². The van der Waals surface area contributed by atoms with Crippen molar-refractivity contribution < 1.29 is 0 Å². The molecule has 0 fully saturated rings. The largest absolute Gasteiger partial charge is 0.366 e. The lowest BCUT2D eigenvalue weighted by Crippen LogP contribution is -2.29. The van der Waals surface area contributed by atoms with Gasteiger partial charge in [0.25, 0.3) is 0 Å². The molecule has 0 unspecified atom stereocenters. The molecule has 0 spiro atoms. The number of hydrogen-bond acceptors (Lipinski definition) is 3. The van der Waals surface area contributed by atoms with E-state index in [4.69, 9.17) is 12.2 Å². The monoisotopic (exact) mass is 248 g/mol. The number of aromatic nitrogens is 1. The summed E-state index contributed by atoms with van der Waals surface area (Å²) in [5.41, 5.74) is 2.63. The summed E-state index contributed by atoms with van der Waals surface area (Å²) in [4.78, 5) is 7.07. The number of thiazole rings is 1. The second kappa shape index (κ2) is 4.03. The summed E-state index contributed by atoms with van der Waals surface area (Å²) in [6.07, 6.45) is 1.07. The molecule has 0 bridgehead atoms. The van der Waals surface area contributed by atoms with Crippen LogP contribution in [0.25, 0.3) is 0 Å². The van der Waals surface area contributed by atoms with Crippen molar-refractivity contribution in [2.24, 2.45) is 0 Å². The zero-order valence-electron chi connectivity index (χ0n) is 8.77. The maximum absolute atomic E-state index is 5.18. The number of aromatic amines is 1. The Hall–Kier alpha value is -1.13. The van der Waals surface area contributed by atoms with Gasteiger partial charge in [-0.05, 0) is 24.4 Å². The highest BCUT2D eigenvalue weighted by molar-refractivity contribution is 7.73. The summed E-state index contributed by atoms with van der Waals surface area (Å²) in [6, 6.07) is 10.6. The molecule has 1 aliphatic heterocycles. The third-order valence-electron chi connectivity index (χ3n) is 2.89. The summed E-state index contributed by atoms with van der Waals surface area (Å²) in [5.74, 6) is 0. The number of rotatable bonds is 1. The third-order valence-corrected chi connectivity index (χ3v) is 4.15. The van der Waals surface area contributed by atoms with Crippen molar-refractivity contribution in [1.82, 2.24) is 4.98 Å². The molecule has 4 heteroatoms. The van der Waals surface area contributed by atoms with Crippen molar-refractivity contribution in [1.29, 1.82) is 0 Å². The number of para-hydroxylation sites is 1. The van der Waals surface area contributed by atoms with E-state index in [1.165, 1.54) is 16.3 Å². The van der Waals surface area contributed by atoms with E-state index in [0.717, 1.165) is 23.5 Å². The van der Waals surface area contributed by atoms with E-state index in [-0.39, 0.29) is 0 Å². The normalized spacial score (nSPS) is 14.9. The summed E-state index contributed by atoms with van der Waals surface area (Å²) >= 11 is 6.89. The van der Waals surface area contributed by atoms with Crippen molar-refractivity contribution in [3.05, 3.63) is 44.9 Å². The lowest BCUT2D eigenvalue weighted by Gasteiger charge is -2.28. The molecule has 2 aromatic rings. The van der Waals surface area contributed by atoms with Gasteiger partial charge in [0.15, 0.2) is 3.95 Å². The minimum absolute atomic E-state index is 0.903. The molecule has 2 nitrogen and oxygen atoms in total. The highest BCUT2D eigenvalue weighted by Gasteiger charge is 2.18. The van der Waals surface area contributed by atoms with Crippen LogP contribution in [0.4, 0.5) is 5.69 Å². The molecule has 3 rings (SSSR count). The predicted molar refractivity (Wildman–Crippen MR) is 70.7 cm³/mol. The van der Waals surface area contributed by atoms with Gasteiger partial charge in [-0.2, -0.15) is 0 Å². The van der Waals surface area contributed by atoms with E-state index in [2.05, 4.69) is 40.2 Å². The van der Waals surface area contributed by atoms with Gasteiger partial charge in [0.2, 0.25) is 0 Å². The van der Waals surface area contributed by atoms with Gasteiger partial charge in [0.1, 0.15) is 0 Å². The average Bonchev–Trinajstić information content (AvgIpc) is 2.69. The van der Waals surface area contributed by atoms with Gasteiger partial charge in [-0.15, -0.1) is 11.3 Å². The highest BCUT2D eigenvalue weighted by Crippen LogP contribution is 2.26. The summed E-state index contributed by atoms with van der Waals surface area (Å²) in [5, 5.41) is 0. The van der Waals surface area contributed by atoms with E-state index < -0.39 is 0 Å². The van der Waals surface area contributed by atoms with Crippen LogP contribution in [0.3, 0.4) is 0 Å². The maximum atomic E-state index is 5.18. The Balaban J connectivity index is 1.91. The lowest BCUT2D eigenvalue weighted by molar-refractivity contribution is 0.729. The van der Waals surface area contributed by atoms with E-state index in [0.29, 0.717) is 0 Å². The first kappa shape index (κ1) is 10.1. The van der Waals surface area contributed by atoms with Crippen LogP contribution in [-0.4, -0.2) is 11.5 Å². The Morgan fingerprint density at radius 2 is 2.06 bits per heavy atom. The fraction of sp³-hybridized carbons (Fsp3) is 0.250. The van der Waals surface area contributed by atoms with Crippen LogP contribution in [-0.2, 0) is 13.0 Å². The molecule has 2 heterocycles. The van der Waals surface area contributed by atoms with Crippen molar-refractivity contribution in [2.75, 3.05) is 11.4 Å². The Labute approximate surface area is 104 Å². The van der Waals surface area contributed by atoms with E-state index in [9.17, 15) is 0 Å². The Morgan fingerprint density at radius 1 is 1.25 bits per heavy atom. The van der Waals surface area contributed by atoms with Crippen LogP contribution >= 0.6 is 23.6 Å². The zero-order valence-corrected chi connectivity index (χ0v) is 10.4. The smallest absolute Gasteiger partial charge is 0.158 e. The number of H-pyrrole nitrogens is 1. The number of anilines is 1. The Bertz CT molecular complexity index is 542. The maximum Gasteiger partial charge on any atom is 0.158 e. The summed E-state index contributed by atoms with van der Waals surface area (Å²) in [6.45, 7) is 2.05. The minimum Gasteiger partial charge on any atom is -0.366 e. The van der Waals surface area contributed by atoms with Gasteiger partial charge in [0.05, 0.1) is 6.54 Å². The Morgan fingerprint density at radius 3 is 2.88 bits per heavy atom. The van der Waals surface area contributed by atoms with Gasteiger partial charge < -0.3 is 9.88 Å². The number of benzene rings is 1. The van der Waals surface area contributed by atoms with Crippen LogP contribution in [0, 0.1) is 3.95 Å². The zero-order chi connectivity index (χ0) is 11.0. The van der Waals surface area contributed by atoms with Crippen molar-refractivity contribution >= 4 is 29.2 Å². The number of fused-ring (bicyclic) bond motifs is 1. The molecule has 0 saturated heterocycles. The number of nitrogens with one attached hydrogen (secondary N) is 1. The van der Waals surface area contributed by atoms with Crippen molar-refractivity contribution in [2.45, 2.75) is 13.0 Å². The predicted octanol–water partition coefficient (Wildman–Crippen LogP) is 3.37. The van der Waals surface area contributed by atoms with Crippen LogP contribution in [0.2, 0.25) is 0 Å². The SMILES string of the molecule is S=c1[nH]c2c(s1)CN(c1ccccc1)CC2. The number of nitrogens with zero attached hydrogens (tertiary/aromatic N) is 1. The van der Waals surface area contributed by atoms with Gasteiger partial charge in [-0.3, -0.25) is 0 Å². The second-order valence-corrected chi connectivity index (χ2v) is 5.70. The van der Waals surface area contributed by atoms with E-state index >= 15 is 0 Å². The topological polar surface area (TPSA) is 19.0 Å². The average molecular weight is 248 g/mol. The van der Waals surface area contributed by atoms with Gasteiger partial charge >= 0.3 is 0 Å². The quantitative estimate of drug-likeness (QED) is 0.780. The molecule has 0 aliphatic carbocycles. The first-order chi connectivity index (χ1) is 7.83. The van der Waals surface area contributed by atoms with Crippen LogP contribution in [0.1, 0.15) is 10.6 Å². The molecular formula is C12H12N2S2. The molecular weight excluding hydrogens is 236 g/mol. The van der Waals surface area contributed by atoms with E-state index in [1.807, 2.05) is 0 Å². The fourth-order valence-corrected chi connectivity index (χ4v) is 3.40. The molecule has 1 aromatic carbocycles. The second-order valence-electron chi connectivity index (χ2n) is 3.92. The number of hydrogen-bond donors (Lipinski definition) is 1. The summed E-state index contributed by atoms with van der Waals surface area (Å²) in [7, 11) is 0. The molecule has 0 atom stereocenters. The molecule has 1 aromatic heterocycles. The minimum atomic E-state index is 0.903. The molecule has 0 radical (unpaired) electrons. The molecule has 16 heavy (non-hydrogen) atoms. The van der Waals surface area contributed by atoms with Gasteiger partial charge in [0, 0.05) is 29.2 Å². The summed E-state index contributed by atoms with van der Waals surface area (Å²) < 4.78 is 0.903. The fourth-order valence-electron chi connectivity index (χ4n) is 2.08. The third kappa shape index (κ3) is 1.79. The highest BCUT2D eigenvalue weighted by atomic mass is 32.1.